The Bertz CT molecular complexity index is 471. The number of rotatable bonds is 4. The SMILES string of the molecule is CC(C)N(CC(N)=O)C1CCCc2cc(O)ccc21. The van der Waals surface area contributed by atoms with Crippen LogP contribution in [0.3, 0.4) is 0 Å². The monoisotopic (exact) mass is 262 g/mol. The van der Waals surface area contributed by atoms with Crippen LogP contribution in [-0.4, -0.2) is 28.5 Å². The molecule has 19 heavy (non-hydrogen) atoms. The molecule has 0 spiro atoms. The zero-order valence-corrected chi connectivity index (χ0v) is 11.6. The van der Waals surface area contributed by atoms with E-state index >= 15 is 0 Å². The van der Waals surface area contributed by atoms with Gasteiger partial charge in [-0.3, -0.25) is 9.69 Å². The highest BCUT2D eigenvalue weighted by Gasteiger charge is 2.28. The summed E-state index contributed by atoms with van der Waals surface area (Å²) >= 11 is 0. The molecule has 1 aliphatic rings. The molecule has 1 unspecified atom stereocenters. The highest BCUT2D eigenvalue weighted by atomic mass is 16.3. The number of hydrogen-bond acceptors (Lipinski definition) is 3. The molecule has 1 aromatic carbocycles. The van der Waals surface area contributed by atoms with Crippen molar-refractivity contribution in [2.45, 2.75) is 45.2 Å². The lowest BCUT2D eigenvalue weighted by Gasteiger charge is -2.37. The zero-order valence-electron chi connectivity index (χ0n) is 11.6. The number of phenols is 1. The lowest BCUT2D eigenvalue weighted by Crippen LogP contribution is -2.42. The third-order valence-electron chi connectivity index (χ3n) is 3.81. The van der Waals surface area contributed by atoms with Gasteiger partial charge in [0.25, 0.3) is 0 Å². The van der Waals surface area contributed by atoms with Crippen molar-refractivity contribution in [1.29, 1.82) is 0 Å². The Balaban J connectivity index is 2.32. The first-order chi connectivity index (χ1) is 8.99. The smallest absolute Gasteiger partial charge is 0.231 e. The van der Waals surface area contributed by atoms with E-state index in [1.54, 1.807) is 6.07 Å². The summed E-state index contributed by atoms with van der Waals surface area (Å²) in [6, 6.07) is 6.02. The van der Waals surface area contributed by atoms with Crippen LogP contribution >= 0.6 is 0 Å². The second-order valence-electron chi connectivity index (χ2n) is 5.52. The van der Waals surface area contributed by atoms with E-state index in [0.29, 0.717) is 5.75 Å². The Labute approximate surface area is 114 Å². The fourth-order valence-corrected chi connectivity index (χ4v) is 2.95. The van der Waals surface area contributed by atoms with Gasteiger partial charge in [-0.25, -0.2) is 0 Å². The third kappa shape index (κ3) is 3.07. The maximum atomic E-state index is 11.3. The summed E-state index contributed by atoms with van der Waals surface area (Å²) in [5.41, 5.74) is 7.77. The number of primary amides is 1. The summed E-state index contributed by atoms with van der Waals surface area (Å²) in [5.74, 6) is 0.0185. The highest BCUT2D eigenvalue weighted by Crippen LogP contribution is 2.36. The van der Waals surface area contributed by atoms with Crippen LogP contribution in [0.25, 0.3) is 0 Å². The number of aryl methyl sites for hydroxylation is 1. The molecule has 0 bridgehead atoms. The third-order valence-corrected chi connectivity index (χ3v) is 3.81. The van der Waals surface area contributed by atoms with Gasteiger partial charge >= 0.3 is 0 Å². The van der Waals surface area contributed by atoms with Gasteiger partial charge in [-0.1, -0.05) is 6.07 Å². The average molecular weight is 262 g/mol. The maximum absolute atomic E-state index is 11.3. The largest absolute Gasteiger partial charge is 0.508 e. The number of benzene rings is 1. The van der Waals surface area contributed by atoms with Gasteiger partial charge < -0.3 is 10.8 Å². The van der Waals surface area contributed by atoms with Crippen molar-refractivity contribution < 1.29 is 9.90 Å². The van der Waals surface area contributed by atoms with Gasteiger partial charge in [0.2, 0.25) is 5.91 Å². The molecule has 0 radical (unpaired) electrons. The minimum atomic E-state index is -0.292. The summed E-state index contributed by atoms with van der Waals surface area (Å²) in [5, 5.41) is 9.58. The molecule has 0 saturated heterocycles. The van der Waals surface area contributed by atoms with Crippen molar-refractivity contribution in [3.8, 4) is 5.75 Å². The van der Waals surface area contributed by atoms with E-state index in [0.717, 1.165) is 19.3 Å². The van der Waals surface area contributed by atoms with Gasteiger partial charge in [0.05, 0.1) is 6.54 Å². The number of phenolic OH excluding ortho intramolecular Hbond substituents is 1. The Morgan fingerprint density at radius 3 is 2.89 bits per heavy atom. The van der Waals surface area contributed by atoms with Crippen LogP contribution in [-0.2, 0) is 11.2 Å². The predicted octanol–water partition coefficient (Wildman–Crippen LogP) is 1.97. The minimum Gasteiger partial charge on any atom is -0.508 e. The topological polar surface area (TPSA) is 66.6 Å². The predicted molar refractivity (Wildman–Crippen MR) is 74.8 cm³/mol. The van der Waals surface area contributed by atoms with Crippen LogP contribution in [0.15, 0.2) is 18.2 Å². The van der Waals surface area contributed by atoms with Crippen molar-refractivity contribution in [1.82, 2.24) is 4.90 Å². The molecule has 0 fully saturated rings. The standard InChI is InChI=1S/C15H22N2O2/c1-10(2)17(9-15(16)19)14-5-3-4-11-8-12(18)6-7-13(11)14/h6-8,10,14,18H,3-5,9H2,1-2H3,(H2,16,19). The number of amides is 1. The number of hydrogen-bond donors (Lipinski definition) is 2. The summed E-state index contributed by atoms with van der Waals surface area (Å²) in [7, 11) is 0. The van der Waals surface area contributed by atoms with Crippen LogP contribution < -0.4 is 5.73 Å². The fraction of sp³-hybridized carbons (Fsp3) is 0.533. The van der Waals surface area contributed by atoms with E-state index in [4.69, 9.17) is 5.73 Å². The number of fused-ring (bicyclic) bond motifs is 1. The Kier molecular flexibility index (Phi) is 4.10. The molecule has 0 aromatic heterocycles. The zero-order chi connectivity index (χ0) is 14.0. The molecule has 4 nitrogen and oxygen atoms in total. The van der Waals surface area contributed by atoms with Crippen molar-refractivity contribution in [2.24, 2.45) is 5.73 Å². The summed E-state index contributed by atoms with van der Waals surface area (Å²) in [6.07, 6.45) is 3.09. The molecule has 3 N–H and O–H groups in total. The maximum Gasteiger partial charge on any atom is 0.231 e. The quantitative estimate of drug-likeness (QED) is 0.871. The van der Waals surface area contributed by atoms with Crippen molar-refractivity contribution in [3.05, 3.63) is 29.3 Å². The van der Waals surface area contributed by atoms with Crippen LogP contribution in [0.4, 0.5) is 0 Å². The van der Waals surface area contributed by atoms with Gasteiger partial charge in [0, 0.05) is 12.1 Å². The van der Waals surface area contributed by atoms with E-state index < -0.39 is 0 Å². The van der Waals surface area contributed by atoms with Crippen molar-refractivity contribution in [2.75, 3.05) is 6.54 Å². The van der Waals surface area contributed by atoms with E-state index in [1.807, 2.05) is 12.1 Å². The lowest BCUT2D eigenvalue weighted by atomic mass is 9.86. The van der Waals surface area contributed by atoms with Gasteiger partial charge in [-0.15, -0.1) is 0 Å². The first-order valence-corrected chi connectivity index (χ1v) is 6.85. The second kappa shape index (κ2) is 5.61. The normalized spacial score (nSPS) is 18.6. The van der Waals surface area contributed by atoms with E-state index in [9.17, 15) is 9.90 Å². The first-order valence-electron chi connectivity index (χ1n) is 6.85. The summed E-state index contributed by atoms with van der Waals surface area (Å²) in [4.78, 5) is 13.4. The molecular weight excluding hydrogens is 240 g/mol. The summed E-state index contributed by atoms with van der Waals surface area (Å²) < 4.78 is 0. The van der Waals surface area contributed by atoms with Crippen LogP contribution in [0.2, 0.25) is 0 Å². The van der Waals surface area contributed by atoms with Gasteiger partial charge in [0.15, 0.2) is 0 Å². The Morgan fingerprint density at radius 1 is 1.53 bits per heavy atom. The number of carbonyl (C=O) groups excluding carboxylic acids is 1. The van der Waals surface area contributed by atoms with Crippen LogP contribution in [0.5, 0.6) is 5.75 Å². The molecule has 1 amide bonds. The van der Waals surface area contributed by atoms with Crippen LogP contribution in [0.1, 0.15) is 43.9 Å². The van der Waals surface area contributed by atoms with Crippen molar-refractivity contribution in [3.63, 3.8) is 0 Å². The number of aromatic hydroxyl groups is 1. The molecule has 0 saturated carbocycles. The average Bonchev–Trinajstić information content (AvgIpc) is 2.34. The van der Waals surface area contributed by atoms with Gasteiger partial charge in [-0.2, -0.15) is 0 Å². The van der Waals surface area contributed by atoms with E-state index in [1.165, 1.54) is 11.1 Å². The molecule has 1 aromatic rings. The molecule has 4 heteroatoms. The molecule has 1 atom stereocenters. The fourth-order valence-electron chi connectivity index (χ4n) is 2.95. The highest BCUT2D eigenvalue weighted by molar-refractivity contribution is 5.76. The Hall–Kier alpha value is -1.55. The number of nitrogens with two attached hydrogens (primary N) is 1. The number of carbonyl (C=O) groups is 1. The number of nitrogens with zero attached hydrogens (tertiary/aromatic N) is 1. The molecule has 0 aliphatic heterocycles. The molecule has 0 heterocycles. The van der Waals surface area contributed by atoms with Crippen LogP contribution in [0, 0.1) is 0 Å². The van der Waals surface area contributed by atoms with E-state index in [2.05, 4.69) is 18.7 Å². The first kappa shape index (κ1) is 13.9. The second-order valence-corrected chi connectivity index (χ2v) is 5.52. The van der Waals surface area contributed by atoms with Gasteiger partial charge in [-0.05, 0) is 56.4 Å². The summed E-state index contributed by atoms with van der Waals surface area (Å²) in [6.45, 7) is 4.44. The minimum absolute atomic E-state index is 0.219. The molecular formula is C15H22N2O2. The lowest BCUT2D eigenvalue weighted by molar-refractivity contribution is -0.120. The van der Waals surface area contributed by atoms with Crippen molar-refractivity contribution >= 4 is 5.91 Å². The van der Waals surface area contributed by atoms with Gasteiger partial charge in [0.1, 0.15) is 5.75 Å². The van der Waals surface area contributed by atoms with E-state index in [-0.39, 0.29) is 24.5 Å². The molecule has 2 rings (SSSR count). The Morgan fingerprint density at radius 2 is 2.26 bits per heavy atom. The molecule has 104 valence electrons. The molecule has 1 aliphatic carbocycles.